The lowest BCUT2D eigenvalue weighted by Gasteiger charge is -2.10. The molecule has 3 rings (SSSR count). The molecule has 0 amide bonds. The third-order valence-corrected chi connectivity index (χ3v) is 3.47. The number of rotatable bonds is 3. The molecule has 0 unspecified atom stereocenters. The van der Waals surface area contributed by atoms with Gasteiger partial charge >= 0.3 is 0 Å². The van der Waals surface area contributed by atoms with E-state index in [1.54, 1.807) is 20.4 Å². The van der Waals surface area contributed by atoms with Crippen molar-refractivity contribution >= 4 is 11.0 Å². The van der Waals surface area contributed by atoms with E-state index in [-0.39, 0.29) is 0 Å². The Morgan fingerprint density at radius 3 is 2.50 bits per heavy atom. The Balaban J connectivity index is 2.18. The van der Waals surface area contributed by atoms with Crippen LogP contribution in [0.2, 0.25) is 0 Å². The lowest BCUT2D eigenvalue weighted by molar-refractivity contribution is 0.355. The molecule has 0 N–H and O–H groups in total. The smallest absolute Gasteiger partial charge is 0.161 e. The van der Waals surface area contributed by atoms with E-state index >= 15 is 0 Å². The Bertz CT molecular complexity index is 762. The Morgan fingerprint density at radius 1 is 1.00 bits per heavy atom. The summed E-state index contributed by atoms with van der Waals surface area (Å²) in [5.41, 5.74) is 3.14. The molecule has 0 fully saturated rings. The SMILES string of the molecule is COc1ccc(-c2cc3cccnc3n2C)cc1OC. The molecule has 0 aliphatic heterocycles. The molecule has 0 radical (unpaired) electrons. The van der Waals surface area contributed by atoms with Crippen molar-refractivity contribution < 1.29 is 9.47 Å². The molecule has 1 aromatic carbocycles. The lowest BCUT2D eigenvalue weighted by Crippen LogP contribution is -1.95. The fraction of sp³-hybridized carbons (Fsp3) is 0.188. The zero-order chi connectivity index (χ0) is 14.1. The van der Waals surface area contributed by atoms with Gasteiger partial charge in [0.25, 0.3) is 0 Å². The molecular weight excluding hydrogens is 252 g/mol. The molecule has 102 valence electrons. The van der Waals surface area contributed by atoms with Crippen LogP contribution in [0, 0.1) is 0 Å². The van der Waals surface area contributed by atoms with E-state index < -0.39 is 0 Å². The maximum atomic E-state index is 5.36. The number of nitrogens with zero attached hydrogens (tertiary/aromatic N) is 2. The number of methoxy groups -OCH3 is 2. The molecule has 2 heterocycles. The van der Waals surface area contributed by atoms with Gasteiger partial charge in [0.1, 0.15) is 5.65 Å². The van der Waals surface area contributed by atoms with Crippen molar-refractivity contribution in [1.82, 2.24) is 9.55 Å². The maximum Gasteiger partial charge on any atom is 0.161 e. The van der Waals surface area contributed by atoms with Gasteiger partial charge in [0.05, 0.1) is 19.9 Å². The van der Waals surface area contributed by atoms with Gasteiger partial charge in [-0.05, 0) is 36.4 Å². The second-order valence-corrected chi connectivity index (χ2v) is 4.57. The van der Waals surface area contributed by atoms with Gasteiger partial charge in [0, 0.05) is 24.2 Å². The summed E-state index contributed by atoms with van der Waals surface area (Å²) in [6.07, 6.45) is 1.81. The Hall–Kier alpha value is -2.49. The van der Waals surface area contributed by atoms with Crippen LogP contribution < -0.4 is 9.47 Å². The van der Waals surface area contributed by atoms with Crippen LogP contribution in [0.4, 0.5) is 0 Å². The normalized spacial score (nSPS) is 10.8. The third-order valence-electron chi connectivity index (χ3n) is 3.47. The van der Waals surface area contributed by atoms with Crippen LogP contribution in [0.3, 0.4) is 0 Å². The standard InChI is InChI=1S/C16H16N2O2/c1-18-13(9-12-5-4-8-17-16(12)18)11-6-7-14(19-2)15(10-11)20-3/h4-10H,1-3H3. The average molecular weight is 268 g/mol. The molecule has 3 aromatic rings. The number of benzene rings is 1. The number of aromatic nitrogens is 2. The van der Waals surface area contributed by atoms with Crippen molar-refractivity contribution in [3.8, 4) is 22.8 Å². The molecule has 0 saturated carbocycles. The highest BCUT2D eigenvalue weighted by Crippen LogP contribution is 2.33. The predicted molar refractivity (Wildman–Crippen MR) is 79.3 cm³/mol. The zero-order valence-electron chi connectivity index (χ0n) is 11.8. The van der Waals surface area contributed by atoms with Gasteiger partial charge in [-0.25, -0.2) is 4.98 Å². The van der Waals surface area contributed by atoms with Crippen molar-refractivity contribution in [2.75, 3.05) is 14.2 Å². The number of pyridine rings is 1. The summed E-state index contributed by atoms with van der Waals surface area (Å²) in [5.74, 6) is 1.45. The summed E-state index contributed by atoms with van der Waals surface area (Å²) in [4.78, 5) is 4.41. The third kappa shape index (κ3) is 1.90. The van der Waals surface area contributed by atoms with E-state index in [4.69, 9.17) is 9.47 Å². The van der Waals surface area contributed by atoms with Crippen LogP contribution in [0.25, 0.3) is 22.3 Å². The lowest BCUT2D eigenvalue weighted by atomic mass is 10.1. The average Bonchev–Trinajstić information content (AvgIpc) is 2.84. The number of ether oxygens (including phenoxy) is 2. The molecule has 0 bridgehead atoms. The summed E-state index contributed by atoms with van der Waals surface area (Å²) < 4.78 is 12.7. The number of hydrogen-bond donors (Lipinski definition) is 0. The van der Waals surface area contributed by atoms with Crippen LogP contribution >= 0.6 is 0 Å². The first-order valence-corrected chi connectivity index (χ1v) is 6.37. The number of hydrogen-bond acceptors (Lipinski definition) is 3. The minimum Gasteiger partial charge on any atom is -0.493 e. The van der Waals surface area contributed by atoms with Gasteiger partial charge in [-0.1, -0.05) is 0 Å². The summed E-state index contributed by atoms with van der Waals surface area (Å²) in [6.45, 7) is 0. The van der Waals surface area contributed by atoms with Gasteiger partial charge in [0.2, 0.25) is 0 Å². The molecule has 4 heteroatoms. The molecule has 0 aliphatic rings. The number of fused-ring (bicyclic) bond motifs is 1. The largest absolute Gasteiger partial charge is 0.493 e. The molecule has 0 saturated heterocycles. The van der Waals surface area contributed by atoms with Gasteiger partial charge in [-0.15, -0.1) is 0 Å². The quantitative estimate of drug-likeness (QED) is 0.731. The minimum absolute atomic E-state index is 0.725. The van der Waals surface area contributed by atoms with Gasteiger partial charge in [-0.3, -0.25) is 0 Å². The van der Waals surface area contributed by atoms with Crippen molar-refractivity contribution in [2.45, 2.75) is 0 Å². The predicted octanol–water partition coefficient (Wildman–Crippen LogP) is 3.26. The highest BCUT2D eigenvalue weighted by molar-refractivity contribution is 5.84. The highest BCUT2D eigenvalue weighted by Gasteiger charge is 2.11. The van der Waals surface area contributed by atoms with E-state index in [0.717, 1.165) is 33.8 Å². The van der Waals surface area contributed by atoms with Crippen LogP contribution in [0.5, 0.6) is 11.5 Å². The van der Waals surface area contributed by atoms with E-state index in [1.807, 2.05) is 31.3 Å². The van der Waals surface area contributed by atoms with E-state index in [0.29, 0.717) is 0 Å². The molecule has 0 aliphatic carbocycles. The van der Waals surface area contributed by atoms with E-state index in [1.165, 1.54) is 0 Å². The first-order chi connectivity index (χ1) is 9.74. The minimum atomic E-state index is 0.725. The molecule has 2 aromatic heterocycles. The molecule has 4 nitrogen and oxygen atoms in total. The van der Waals surface area contributed by atoms with Gasteiger partial charge < -0.3 is 14.0 Å². The Morgan fingerprint density at radius 2 is 1.80 bits per heavy atom. The van der Waals surface area contributed by atoms with Crippen molar-refractivity contribution in [3.63, 3.8) is 0 Å². The number of aryl methyl sites for hydroxylation is 1. The van der Waals surface area contributed by atoms with Crippen LogP contribution in [-0.4, -0.2) is 23.8 Å². The molecule has 20 heavy (non-hydrogen) atoms. The summed E-state index contributed by atoms with van der Waals surface area (Å²) in [7, 11) is 5.30. The summed E-state index contributed by atoms with van der Waals surface area (Å²) in [5, 5.41) is 1.12. The second kappa shape index (κ2) is 4.89. The molecule has 0 atom stereocenters. The first-order valence-electron chi connectivity index (χ1n) is 6.37. The topological polar surface area (TPSA) is 36.3 Å². The molecule has 0 spiro atoms. The van der Waals surface area contributed by atoms with Crippen molar-refractivity contribution in [2.24, 2.45) is 7.05 Å². The fourth-order valence-electron chi connectivity index (χ4n) is 2.43. The van der Waals surface area contributed by atoms with Gasteiger partial charge in [0.15, 0.2) is 11.5 Å². The maximum absolute atomic E-state index is 5.36. The van der Waals surface area contributed by atoms with Gasteiger partial charge in [-0.2, -0.15) is 0 Å². The van der Waals surface area contributed by atoms with Crippen molar-refractivity contribution in [3.05, 3.63) is 42.6 Å². The van der Waals surface area contributed by atoms with Crippen LogP contribution in [0.1, 0.15) is 0 Å². The summed E-state index contributed by atoms with van der Waals surface area (Å²) >= 11 is 0. The van der Waals surface area contributed by atoms with Crippen LogP contribution in [0.15, 0.2) is 42.6 Å². The molecular formula is C16H16N2O2. The van der Waals surface area contributed by atoms with E-state index in [9.17, 15) is 0 Å². The fourth-order valence-corrected chi connectivity index (χ4v) is 2.43. The Kier molecular flexibility index (Phi) is 3.06. The Labute approximate surface area is 117 Å². The second-order valence-electron chi connectivity index (χ2n) is 4.57. The first kappa shape index (κ1) is 12.5. The highest BCUT2D eigenvalue weighted by atomic mass is 16.5. The van der Waals surface area contributed by atoms with E-state index in [2.05, 4.69) is 21.7 Å². The van der Waals surface area contributed by atoms with Crippen LogP contribution in [-0.2, 0) is 7.05 Å². The van der Waals surface area contributed by atoms with Crippen molar-refractivity contribution in [1.29, 1.82) is 0 Å². The summed E-state index contributed by atoms with van der Waals surface area (Å²) in [6, 6.07) is 12.1. The zero-order valence-corrected chi connectivity index (χ0v) is 11.8. The monoisotopic (exact) mass is 268 g/mol.